The Bertz CT molecular complexity index is 1100. The molecule has 1 aromatic heterocycles. The molecular weight excluding hydrogens is 373 g/mol. The van der Waals surface area contributed by atoms with Gasteiger partial charge in [-0.2, -0.15) is 5.10 Å². The van der Waals surface area contributed by atoms with Crippen molar-refractivity contribution in [2.75, 3.05) is 11.1 Å². The van der Waals surface area contributed by atoms with Crippen LogP contribution in [0.5, 0.6) is 0 Å². The summed E-state index contributed by atoms with van der Waals surface area (Å²) in [5.41, 5.74) is 1.14. The van der Waals surface area contributed by atoms with Gasteiger partial charge in [0.05, 0.1) is 18.5 Å². The largest absolute Gasteiger partial charge is 0.310 e. The number of anilines is 1. The van der Waals surface area contributed by atoms with Gasteiger partial charge in [-0.15, -0.1) is 11.8 Å². The molecule has 4 nitrogen and oxygen atoms in total. The second-order valence-electron chi connectivity index (χ2n) is 6.30. The van der Waals surface area contributed by atoms with Crippen LogP contribution in [0.3, 0.4) is 0 Å². The number of thioether (sulfide) groups is 1. The van der Waals surface area contributed by atoms with E-state index in [4.69, 9.17) is 0 Å². The summed E-state index contributed by atoms with van der Waals surface area (Å²) in [6.07, 6.45) is 1.67. The minimum Gasteiger partial charge on any atom is -0.310 e. The number of hydrogen-bond acceptors (Lipinski definition) is 3. The average molecular weight is 391 g/mol. The number of amides is 1. The van der Waals surface area contributed by atoms with Crippen LogP contribution in [0.15, 0.2) is 83.9 Å². The molecule has 1 N–H and O–H groups in total. The topological polar surface area (TPSA) is 46.9 Å². The highest BCUT2D eigenvalue weighted by molar-refractivity contribution is 8.00. The third-order valence-electron chi connectivity index (χ3n) is 4.37. The molecule has 0 aliphatic rings. The Morgan fingerprint density at radius 3 is 2.64 bits per heavy atom. The number of nitrogens with zero attached hydrogens (tertiary/aromatic N) is 2. The molecular formula is C22H18FN3OS. The normalized spacial score (nSPS) is 10.9. The van der Waals surface area contributed by atoms with Gasteiger partial charge in [0.1, 0.15) is 11.6 Å². The Morgan fingerprint density at radius 1 is 1.00 bits per heavy atom. The summed E-state index contributed by atoms with van der Waals surface area (Å²) in [5, 5.41) is 9.61. The van der Waals surface area contributed by atoms with Crippen LogP contribution in [0.25, 0.3) is 10.8 Å². The summed E-state index contributed by atoms with van der Waals surface area (Å²) >= 11 is 1.36. The zero-order valence-electron chi connectivity index (χ0n) is 15.0. The summed E-state index contributed by atoms with van der Waals surface area (Å²) < 4.78 is 14.7. The van der Waals surface area contributed by atoms with Gasteiger partial charge < -0.3 is 5.32 Å². The number of halogens is 1. The number of hydrogen-bond donors (Lipinski definition) is 1. The van der Waals surface area contributed by atoms with Crippen molar-refractivity contribution in [2.45, 2.75) is 11.4 Å². The third-order valence-corrected chi connectivity index (χ3v) is 5.38. The Kier molecular flexibility index (Phi) is 5.39. The molecule has 1 heterocycles. The van der Waals surface area contributed by atoms with Crippen molar-refractivity contribution in [3.8, 4) is 0 Å². The van der Waals surface area contributed by atoms with Crippen molar-refractivity contribution in [1.82, 2.24) is 9.78 Å². The number of fused-ring (bicyclic) bond motifs is 1. The van der Waals surface area contributed by atoms with E-state index in [0.717, 1.165) is 10.5 Å². The lowest BCUT2D eigenvalue weighted by Gasteiger charge is -2.11. The molecule has 0 aliphatic heterocycles. The number of rotatable bonds is 6. The van der Waals surface area contributed by atoms with Gasteiger partial charge in [-0.25, -0.2) is 9.07 Å². The van der Waals surface area contributed by atoms with Crippen LogP contribution in [0.4, 0.5) is 10.2 Å². The molecule has 0 atom stereocenters. The van der Waals surface area contributed by atoms with Crippen LogP contribution < -0.4 is 5.32 Å². The first kappa shape index (κ1) is 18.3. The number of carbonyl (C=O) groups excluding carboxylic acids is 1. The lowest BCUT2D eigenvalue weighted by atomic mass is 10.0. The van der Waals surface area contributed by atoms with E-state index in [-0.39, 0.29) is 17.5 Å². The van der Waals surface area contributed by atoms with Crippen molar-refractivity contribution in [2.24, 2.45) is 0 Å². The number of benzene rings is 3. The Hall–Kier alpha value is -3.12. The molecule has 0 fully saturated rings. The van der Waals surface area contributed by atoms with Crippen molar-refractivity contribution in [3.63, 3.8) is 0 Å². The summed E-state index contributed by atoms with van der Waals surface area (Å²) in [7, 11) is 0. The van der Waals surface area contributed by atoms with E-state index in [1.165, 1.54) is 34.7 Å². The van der Waals surface area contributed by atoms with E-state index in [0.29, 0.717) is 12.4 Å². The quantitative estimate of drug-likeness (QED) is 0.473. The van der Waals surface area contributed by atoms with Crippen LogP contribution in [0.1, 0.15) is 5.56 Å². The zero-order chi connectivity index (χ0) is 19.3. The van der Waals surface area contributed by atoms with E-state index in [1.54, 1.807) is 29.1 Å². The van der Waals surface area contributed by atoms with E-state index in [2.05, 4.69) is 34.7 Å². The van der Waals surface area contributed by atoms with Crippen LogP contribution >= 0.6 is 11.8 Å². The average Bonchev–Trinajstić information content (AvgIpc) is 3.14. The fourth-order valence-electron chi connectivity index (χ4n) is 3.02. The number of aromatic nitrogens is 2. The molecule has 4 aromatic rings. The highest BCUT2D eigenvalue weighted by atomic mass is 32.2. The highest BCUT2D eigenvalue weighted by Gasteiger charge is 2.10. The maximum absolute atomic E-state index is 13.0. The fourth-order valence-corrected chi connectivity index (χ4v) is 3.71. The monoisotopic (exact) mass is 391 g/mol. The molecule has 0 radical (unpaired) electrons. The standard InChI is InChI=1S/C22H18FN3OS/c23-18-8-10-19(11-9-18)28-15-22(27)25-21-12-13-24-26(21)14-17-6-3-5-16-4-1-2-7-20(16)17/h1-13H,14-15H2,(H,25,27). The predicted molar refractivity (Wildman–Crippen MR) is 111 cm³/mol. The van der Waals surface area contributed by atoms with E-state index >= 15 is 0 Å². The summed E-state index contributed by atoms with van der Waals surface area (Å²) in [5.74, 6) is 0.475. The zero-order valence-corrected chi connectivity index (χ0v) is 15.8. The van der Waals surface area contributed by atoms with E-state index in [1.807, 2.05) is 18.2 Å². The van der Waals surface area contributed by atoms with Crippen molar-refractivity contribution >= 4 is 34.3 Å². The SMILES string of the molecule is O=C(CSc1ccc(F)cc1)Nc1ccnn1Cc1cccc2ccccc12. The Balaban J connectivity index is 1.43. The second kappa shape index (κ2) is 8.27. The Morgan fingerprint density at radius 2 is 1.79 bits per heavy atom. The van der Waals surface area contributed by atoms with E-state index in [9.17, 15) is 9.18 Å². The smallest absolute Gasteiger partial charge is 0.235 e. The molecule has 0 saturated carbocycles. The van der Waals surface area contributed by atoms with Gasteiger partial charge in [0.25, 0.3) is 0 Å². The molecule has 0 bridgehead atoms. The molecule has 0 aliphatic carbocycles. The van der Waals surface area contributed by atoms with Crippen LogP contribution in [-0.4, -0.2) is 21.4 Å². The summed E-state index contributed by atoms with van der Waals surface area (Å²) in [4.78, 5) is 13.2. The van der Waals surface area contributed by atoms with Crippen molar-refractivity contribution in [1.29, 1.82) is 0 Å². The van der Waals surface area contributed by atoms with Gasteiger partial charge in [-0.1, -0.05) is 42.5 Å². The van der Waals surface area contributed by atoms with Gasteiger partial charge in [0.2, 0.25) is 5.91 Å². The minimum absolute atomic E-state index is 0.131. The first-order chi connectivity index (χ1) is 13.7. The number of nitrogens with one attached hydrogen (secondary N) is 1. The van der Waals surface area contributed by atoms with Gasteiger partial charge in [-0.3, -0.25) is 4.79 Å². The van der Waals surface area contributed by atoms with Gasteiger partial charge in [0.15, 0.2) is 0 Å². The molecule has 6 heteroatoms. The van der Waals surface area contributed by atoms with Crippen LogP contribution in [0, 0.1) is 5.82 Å². The van der Waals surface area contributed by atoms with Crippen molar-refractivity contribution < 1.29 is 9.18 Å². The summed E-state index contributed by atoms with van der Waals surface area (Å²) in [6.45, 7) is 0.565. The van der Waals surface area contributed by atoms with Crippen molar-refractivity contribution in [3.05, 3.63) is 90.4 Å². The molecule has 0 unspecified atom stereocenters. The second-order valence-corrected chi connectivity index (χ2v) is 7.35. The number of carbonyl (C=O) groups is 1. The predicted octanol–water partition coefficient (Wildman–Crippen LogP) is 4.95. The van der Waals surface area contributed by atoms with Gasteiger partial charge >= 0.3 is 0 Å². The first-order valence-corrected chi connectivity index (χ1v) is 9.84. The summed E-state index contributed by atoms with van der Waals surface area (Å²) in [6, 6.07) is 22.3. The first-order valence-electron chi connectivity index (χ1n) is 8.86. The third kappa shape index (κ3) is 4.23. The van der Waals surface area contributed by atoms with Crippen LogP contribution in [0.2, 0.25) is 0 Å². The molecule has 0 saturated heterocycles. The van der Waals surface area contributed by atoms with Gasteiger partial charge in [0, 0.05) is 11.0 Å². The van der Waals surface area contributed by atoms with E-state index < -0.39 is 0 Å². The maximum atomic E-state index is 13.0. The fraction of sp³-hybridized carbons (Fsp3) is 0.0909. The molecule has 0 spiro atoms. The molecule has 1 amide bonds. The van der Waals surface area contributed by atoms with Gasteiger partial charge in [-0.05, 0) is 40.6 Å². The maximum Gasteiger partial charge on any atom is 0.235 e. The lowest BCUT2D eigenvalue weighted by molar-refractivity contribution is -0.113. The van der Waals surface area contributed by atoms with Crippen LogP contribution in [-0.2, 0) is 11.3 Å². The molecule has 3 aromatic carbocycles. The lowest BCUT2D eigenvalue weighted by Crippen LogP contribution is -2.17. The molecule has 4 rings (SSSR count). The highest BCUT2D eigenvalue weighted by Crippen LogP contribution is 2.21. The minimum atomic E-state index is -0.286. The Labute approximate surface area is 166 Å². The molecule has 28 heavy (non-hydrogen) atoms. The molecule has 140 valence electrons.